The fourth-order valence-corrected chi connectivity index (χ4v) is 3.52. The zero-order valence-corrected chi connectivity index (χ0v) is 12.3. The van der Waals surface area contributed by atoms with Crippen molar-refractivity contribution in [3.63, 3.8) is 0 Å². The standard InChI is InChI=1S/C16H19NO2S/c1-2-13-5-6-17(12-13)7-10-20-14-3-4-15-16(11-14)19-9-8-18-15/h1,3-4,11,13H,5-10,12H2. The van der Waals surface area contributed by atoms with E-state index in [0.717, 1.165) is 43.3 Å². The van der Waals surface area contributed by atoms with Crippen molar-refractivity contribution in [2.75, 3.05) is 38.6 Å². The van der Waals surface area contributed by atoms with Gasteiger partial charge in [-0.1, -0.05) is 0 Å². The first-order chi connectivity index (χ1) is 9.85. The SMILES string of the molecule is C#CC1CCN(CCSc2ccc3c(c2)OCCO3)C1. The van der Waals surface area contributed by atoms with Crippen molar-refractivity contribution in [3.05, 3.63) is 18.2 Å². The maximum atomic E-state index is 5.60. The van der Waals surface area contributed by atoms with Crippen molar-refractivity contribution < 1.29 is 9.47 Å². The smallest absolute Gasteiger partial charge is 0.162 e. The van der Waals surface area contributed by atoms with Crippen LogP contribution >= 0.6 is 11.8 Å². The Balaban J connectivity index is 1.48. The number of thioether (sulfide) groups is 1. The van der Waals surface area contributed by atoms with Gasteiger partial charge in [0.05, 0.1) is 0 Å². The lowest BCUT2D eigenvalue weighted by Crippen LogP contribution is -2.23. The predicted octanol–water partition coefficient (Wildman–Crippen LogP) is 2.51. The van der Waals surface area contributed by atoms with Gasteiger partial charge in [-0.05, 0) is 31.2 Å². The number of nitrogens with zero attached hydrogens (tertiary/aromatic N) is 1. The van der Waals surface area contributed by atoms with Crippen LogP contribution in [0.2, 0.25) is 0 Å². The van der Waals surface area contributed by atoms with Crippen LogP contribution in [-0.2, 0) is 0 Å². The van der Waals surface area contributed by atoms with Gasteiger partial charge in [-0.3, -0.25) is 0 Å². The van der Waals surface area contributed by atoms with Gasteiger partial charge in [0.2, 0.25) is 0 Å². The summed E-state index contributed by atoms with van der Waals surface area (Å²) < 4.78 is 11.1. The molecule has 1 fully saturated rings. The summed E-state index contributed by atoms with van der Waals surface area (Å²) in [5.74, 6) is 6.12. The minimum absolute atomic E-state index is 0.453. The molecule has 0 N–H and O–H groups in total. The molecule has 3 rings (SSSR count). The van der Waals surface area contributed by atoms with Crippen LogP contribution < -0.4 is 9.47 Å². The zero-order chi connectivity index (χ0) is 13.8. The normalized spacial score (nSPS) is 21.6. The predicted molar refractivity (Wildman–Crippen MR) is 81.5 cm³/mol. The second kappa shape index (κ2) is 6.43. The molecule has 0 aliphatic carbocycles. The maximum Gasteiger partial charge on any atom is 0.162 e. The molecule has 0 aromatic heterocycles. The van der Waals surface area contributed by atoms with Crippen molar-refractivity contribution in [1.82, 2.24) is 4.90 Å². The number of likely N-dealkylation sites (tertiary alicyclic amines) is 1. The van der Waals surface area contributed by atoms with Crippen molar-refractivity contribution in [2.24, 2.45) is 5.92 Å². The van der Waals surface area contributed by atoms with Crippen LogP contribution in [0, 0.1) is 18.3 Å². The number of rotatable bonds is 4. The average molecular weight is 289 g/mol. The Morgan fingerprint density at radius 3 is 2.95 bits per heavy atom. The van der Waals surface area contributed by atoms with Crippen molar-refractivity contribution in [2.45, 2.75) is 11.3 Å². The van der Waals surface area contributed by atoms with Gasteiger partial charge in [-0.25, -0.2) is 0 Å². The average Bonchev–Trinajstić information content (AvgIpc) is 2.95. The summed E-state index contributed by atoms with van der Waals surface area (Å²) in [4.78, 5) is 3.69. The minimum Gasteiger partial charge on any atom is -0.486 e. The second-order valence-electron chi connectivity index (χ2n) is 5.11. The van der Waals surface area contributed by atoms with Crippen LogP contribution in [0.15, 0.2) is 23.1 Å². The topological polar surface area (TPSA) is 21.7 Å². The molecule has 2 heterocycles. The molecule has 1 atom stereocenters. The zero-order valence-electron chi connectivity index (χ0n) is 11.5. The molecular formula is C16H19NO2S. The van der Waals surface area contributed by atoms with E-state index in [1.807, 2.05) is 17.8 Å². The van der Waals surface area contributed by atoms with Gasteiger partial charge in [-0.2, -0.15) is 0 Å². The van der Waals surface area contributed by atoms with Crippen molar-refractivity contribution in [3.8, 4) is 23.8 Å². The third-order valence-corrected chi connectivity index (χ3v) is 4.67. The summed E-state index contributed by atoms with van der Waals surface area (Å²) in [5.41, 5.74) is 0. The van der Waals surface area contributed by atoms with Crippen LogP contribution in [0.5, 0.6) is 11.5 Å². The molecule has 0 bridgehead atoms. The number of hydrogen-bond acceptors (Lipinski definition) is 4. The van der Waals surface area contributed by atoms with E-state index in [0.29, 0.717) is 19.1 Å². The number of terminal acetylenes is 1. The molecule has 3 nitrogen and oxygen atoms in total. The number of fused-ring (bicyclic) bond motifs is 1. The Morgan fingerprint density at radius 2 is 2.15 bits per heavy atom. The van der Waals surface area contributed by atoms with E-state index in [4.69, 9.17) is 15.9 Å². The molecule has 0 spiro atoms. The highest BCUT2D eigenvalue weighted by molar-refractivity contribution is 7.99. The molecule has 1 unspecified atom stereocenters. The van der Waals surface area contributed by atoms with Crippen LogP contribution in [0.25, 0.3) is 0 Å². The van der Waals surface area contributed by atoms with E-state index < -0.39 is 0 Å². The number of ether oxygens (including phenoxy) is 2. The highest BCUT2D eigenvalue weighted by Crippen LogP contribution is 2.34. The quantitative estimate of drug-likeness (QED) is 0.627. The van der Waals surface area contributed by atoms with E-state index in [1.165, 1.54) is 4.90 Å². The lowest BCUT2D eigenvalue weighted by Gasteiger charge is -2.19. The molecule has 0 amide bonds. The summed E-state index contributed by atoms with van der Waals surface area (Å²) in [6.07, 6.45) is 6.62. The van der Waals surface area contributed by atoms with Crippen LogP contribution in [0.4, 0.5) is 0 Å². The van der Waals surface area contributed by atoms with Crippen molar-refractivity contribution in [1.29, 1.82) is 0 Å². The summed E-state index contributed by atoms with van der Waals surface area (Å²) in [5, 5.41) is 0. The van der Waals surface area contributed by atoms with Crippen LogP contribution in [-0.4, -0.2) is 43.5 Å². The lowest BCUT2D eigenvalue weighted by atomic mass is 10.1. The molecule has 20 heavy (non-hydrogen) atoms. The first-order valence-electron chi connectivity index (χ1n) is 7.06. The fourth-order valence-electron chi connectivity index (χ4n) is 2.58. The van der Waals surface area contributed by atoms with Crippen molar-refractivity contribution >= 4 is 11.8 Å². The largest absolute Gasteiger partial charge is 0.486 e. The minimum atomic E-state index is 0.453. The van der Waals surface area contributed by atoms with E-state index >= 15 is 0 Å². The Kier molecular flexibility index (Phi) is 4.39. The molecule has 2 aliphatic rings. The molecule has 0 saturated carbocycles. The molecule has 4 heteroatoms. The third kappa shape index (κ3) is 3.23. The number of benzene rings is 1. The Labute approximate surface area is 124 Å². The Bertz CT molecular complexity index is 512. The molecule has 1 aromatic carbocycles. The fraction of sp³-hybridized carbons (Fsp3) is 0.500. The maximum absolute atomic E-state index is 5.60. The first-order valence-corrected chi connectivity index (χ1v) is 8.04. The van der Waals surface area contributed by atoms with E-state index in [2.05, 4.69) is 23.0 Å². The molecule has 0 radical (unpaired) electrons. The third-order valence-electron chi connectivity index (χ3n) is 3.70. The highest BCUT2D eigenvalue weighted by Gasteiger charge is 2.20. The van der Waals surface area contributed by atoms with Gasteiger partial charge >= 0.3 is 0 Å². The molecule has 2 aliphatic heterocycles. The van der Waals surface area contributed by atoms with Gasteiger partial charge in [0.25, 0.3) is 0 Å². The van der Waals surface area contributed by atoms with Gasteiger partial charge in [0.1, 0.15) is 13.2 Å². The van der Waals surface area contributed by atoms with Crippen LogP contribution in [0.3, 0.4) is 0 Å². The summed E-state index contributed by atoms with van der Waals surface area (Å²) in [7, 11) is 0. The van der Waals surface area contributed by atoms with Gasteiger partial charge < -0.3 is 14.4 Å². The highest BCUT2D eigenvalue weighted by atomic mass is 32.2. The number of hydrogen-bond donors (Lipinski definition) is 0. The lowest BCUT2D eigenvalue weighted by molar-refractivity contribution is 0.171. The van der Waals surface area contributed by atoms with Gasteiger partial charge in [0.15, 0.2) is 11.5 Å². The van der Waals surface area contributed by atoms with E-state index in [9.17, 15) is 0 Å². The Hall–Kier alpha value is -1.31. The van der Waals surface area contributed by atoms with E-state index in [-0.39, 0.29) is 0 Å². The molecule has 1 aromatic rings. The molecule has 106 valence electrons. The van der Waals surface area contributed by atoms with Gasteiger partial charge in [-0.15, -0.1) is 24.1 Å². The van der Waals surface area contributed by atoms with Gasteiger partial charge in [0, 0.05) is 29.7 Å². The van der Waals surface area contributed by atoms with Crippen LogP contribution in [0.1, 0.15) is 6.42 Å². The monoisotopic (exact) mass is 289 g/mol. The first kappa shape index (κ1) is 13.7. The summed E-state index contributed by atoms with van der Waals surface area (Å²) >= 11 is 1.86. The Morgan fingerprint density at radius 1 is 1.30 bits per heavy atom. The summed E-state index contributed by atoms with van der Waals surface area (Å²) in [6, 6.07) is 6.18. The molecule has 1 saturated heterocycles. The van der Waals surface area contributed by atoms with E-state index in [1.54, 1.807) is 0 Å². The summed E-state index contributed by atoms with van der Waals surface area (Å²) in [6.45, 7) is 4.57. The molecular weight excluding hydrogens is 270 g/mol. The second-order valence-corrected chi connectivity index (χ2v) is 6.28.